The minimum atomic E-state index is -1.33. The maximum atomic E-state index is 14.1. The van der Waals surface area contributed by atoms with Crippen LogP contribution in [0.4, 0.5) is 4.39 Å². The average Bonchev–Trinajstić information content (AvgIpc) is 3.07. The molecule has 2 aromatic heterocycles. The molecule has 0 spiro atoms. The number of fused-ring (bicyclic) bond motifs is 1. The summed E-state index contributed by atoms with van der Waals surface area (Å²) in [7, 11) is 2.85. The maximum absolute atomic E-state index is 14.1. The van der Waals surface area contributed by atoms with Crippen LogP contribution in [0.15, 0.2) is 46.2 Å². The Morgan fingerprint density at radius 3 is 2.58 bits per heavy atom. The molecule has 8 nitrogen and oxygen atoms in total. The summed E-state index contributed by atoms with van der Waals surface area (Å²) in [5, 5.41) is 2.50. The van der Waals surface area contributed by atoms with Crippen molar-refractivity contribution in [3.8, 4) is 0 Å². The third kappa shape index (κ3) is 3.15. The summed E-state index contributed by atoms with van der Waals surface area (Å²) in [6.07, 6.45) is -0.0109. The lowest BCUT2D eigenvalue weighted by atomic mass is 10.1. The number of carbonyl (C=O) groups is 1. The van der Waals surface area contributed by atoms with Gasteiger partial charge in [0, 0.05) is 14.1 Å². The molecule has 1 N–H and O–H groups in total. The second kappa shape index (κ2) is 6.95. The van der Waals surface area contributed by atoms with Crippen molar-refractivity contribution in [1.29, 1.82) is 0 Å². The van der Waals surface area contributed by atoms with Crippen molar-refractivity contribution in [3.05, 3.63) is 63.1 Å². The van der Waals surface area contributed by atoms with Crippen molar-refractivity contribution in [2.24, 2.45) is 14.1 Å². The van der Waals surface area contributed by atoms with E-state index in [1.54, 1.807) is 30.3 Å². The van der Waals surface area contributed by atoms with Gasteiger partial charge in [0.15, 0.2) is 11.2 Å². The number of nitrogens with one attached hydrogen (secondary N) is 1. The number of aryl methyl sites for hydroxylation is 1. The summed E-state index contributed by atoms with van der Waals surface area (Å²) in [5.41, 5.74) is -0.228. The van der Waals surface area contributed by atoms with Gasteiger partial charge < -0.3 is 9.88 Å². The Kier molecular flexibility index (Phi) is 4.70. The summed E-state index contributed by atoms with van der Waals surface area (Å²) < 4.78 is 17.6. The van der Waals surface area contributed by atoms with Gasteiger partial charge in [-0.15, -0.1) is 0 Å². The van der Waals surface area contributed by atoms with E-state index in [9.17, 15) is 18.8 Å². The lowest BCUT2D eigenvalue weighted by Crippen LogP contribution is -2.38. The first-order chi connectivity index (χ1) is 12.4. The Labute approximate surface area is 147 Å². The molecule has 0 aliphatic carbocycles. The maximum Gasteiger partial charge on any atom is 0.332 e. The van der Waals surface area contributed by atoms with Gasteiger partial charge in [0.05, 0.1) is 12.9 Å². The lowest BCUT2D eigenvalue weighted by molar-refractivity contribution is -0.121. The number of alkyl halides is 1. The normalized spacial score (nSPS) is 12.3. The molecule has 1 atom stereocenters. The van der Waals surface area contributed by atoms with E-state index in [-0.39, 0.29) is 24.3 Å². The first kappa shape index (κ1) is 17.6. The van der Waals surface area contributed by atoms with E-state index in [1.165, 1.54) is 29.6 Å². The van der Waals surface area contributed by atoms with Gasteiger partial charge in [-0.1, -0.05) is 30.3 Å². The number of benzene rings is 1. The molecule has 3 aromatic rings. The number of hydrogen-bond donors (Lipinski definition) is 1. The van der Waals surface area contributed by atoms with Gasteiger partial charge in [-0.3, -0.25) is 18.7 Å². The standard InChI is InChI=1S/C17H18FN5O3/c1-21-15-14(16(25)22(2)17(21)26)23(10-20-15)9-13(24)19-8-12(18)11-6-4-3-5-7-11/h3-7,10,12H,8-9H2,1-2H3,(H,19,24). The Morgan fingerprint density at radius 2 is 1.88 bits per heavy atom. The first-order valence-corrected chi connectivity index (χ1v) is 7.96. The highest BCUT2D eigenvalue weighted by Gasteiger charge is 2.17. The number of hydrogen-bond acceptors (Lipinski definition) is 4. The summed E-state index contributed by atoms with van der Waals surface area (Å²) in [6.45, 7) is -0.378. The second-order valence-electron chi connectivity index (χ2n) is 5.93. The van der Waals surface area contributed by atoms with E-state index in [2.05, 4.69) is 10.3 Å². The van der Waals surface area contributed by atoms with Crippen LogP contribution in [0.1, 0.15) is 11.7 Å². The zero-order valence-electron chi connectivity index (χ0n) is 14.3. The van der Waals surface area contributed by atoms with E-state index < -0.39 is 23.3 Å². The molecule has 0 saturated heterocycles. The van der Waals surface area contributed by atoms with Gasteiger partial charge >= 0.3 is 5.69 Å². The molecule has 0 saturated carbocycles. The molecule has 1 amide bonds. The van der Waals surface area contributed by atoms with Gasteiger partial charge in [0.25, 0.3) is 5.56 Å². The molecule has 0 radical (unpaired) electrons. The van der Waals surface area contributed by atoms with Crippen molar-refractivity contribution in [2.45, 2.75) is 12.7 Å². The molecule has 0 fully saturated rings. The van der Waals surface area contributed by atoms with Crippen LogP contribution in [-0.4, -0.2) is 31.1 Å². The van der Waals surface area contributed by atoms with Crippen molar-refractivity contribution in [2.75, 3.05) is 6.54 Å². The van der Waals surface area contributed by atoms with Crippen molar-refractivity contribution >= 4 is 17.1 Å². The van der Waals surface area contributed by atoms with Crippen molar-refractivity contribution in [1.82, 2.24) is 24.0 Å². The Morgan fingerprint density at radius 1 is 1.19 bits per heavy atom. The molecular formula is C17H18FN5O3. The van der Waals surface area contributed by atoms with Gasteiger partial charge in [0.2, 0.25) is 5.91 Å². The number of halogens is 1. The van der Waals surface area contributed by atoms with E-state index >= 15 is 0 Å². The zero-order valence-corrected chi connectivity index (χ0v) is 14.3. The van der Waals surface area contributed by atoms with Gasteiger partial charge in [-0.2, -0.15) is 0 Å². The largest absolute Gasteiger partial charge is 0.351 e. The predicted molar refractivity (Wildman–Crippen MR) is 93.5 cm³/mol. The number of nitrogens with zero attached hydrogens (tertiary/aromatic N) is 4. The predicted octanol–water partition coefficient (Wildman–Crippen LogP) is 0.261. The average molecular weight is 359 g/mol. The van der Waals surface area contributed by atoms with Crippen LogP contribution in [0.2, 0.25) is 0 Å². The fourth-order valence-electron chi connectivity index (χ4n) is 2.71. The minimum absolute atomic E-state index is 0.143. The summed E-state index contributed by atoms with van der Waals surface area (Å²) in [6, 6.07) is 8.52. The summed E-state index contributed by atoms with van der Waals surface area (Å²) in [4.78, 5) is 40.4. The molecule has 26 heavy (non-hydrogen) atoms. The molecule has 0 aliphatic heterocycles. The van der Waals surface area contributed by atoms with Crippen LogP contribution < -0.4 is 16.6 Å². The fraction of sp³-hybridized carbons (Fsp3) is 0.294. The number of imidazole rings is 1. The number of carbonyl (C=O) groups excluding carboxylic acids is 1. The van der Waals surface area contributed by atoms with Crippen LogP contribution in [0.25, 0.3) is 11.2 Å². The fourth-order valence-corrected chi connectivity index (χ4v) is 2.71. The number of amides is 1. The van der Waals surface area contributed by atoms with Crippen LogP contribution in [-0.2, 0) is 25.4 Å². The summed E-state index contributed by atoms with van der Waals surface area (Å²) >= 11 is 0. The van der Waals surface area contributed by atoms with Gasteiger partial charge in [-0.25, -0.2) is 14.2 Å². The van der Waals surface area contributed by atoms with E-state index in [0.29, 0.717) is 5.56 Å². The lowest BCUT2D eigenvalue weighted by Gasteiger charge is -2.11. The SMILES string of the molecule is Cn1c(=O)c2c(ncn2CC(=O)NCC(F)c2ccccc2)n(C)c1=O. The van der Waals surface area contributed by atoms with Crippen LogP contribution in [0.3, 0.4) is 0 Å². The monoisotopic (exact) mass is 359 g/mol. The molecule has 2 heterocycles. The topological polar surface area (TPSA) is 90.9 Å². The highest BCUT2D eigenvalue weighted by atomic mass is 19.1. The quantitative estimate of drug-likeness (QED) is 0.708. The van der Waals surface area contributed by atoms with Crippen LogP contribution in [0.5, 0.6) is 0 Å². The second-order valence-corrected chi connectivity index (χ2v) is 5.93. The van der Waals surface area contributed by atoms with Crippen molar-refractivity contribution in [3.63, 3.8) is 0 Å². The van der Waals surface area contributed by atoms with E-state index in [0.717, 1.165) is 4.57 Å². The molecule has 0 bridgehead atoms. The smallest absolute Gasteiger partial charge is 0.332 e. The third-order valence-corrected chi connectivity index (χ3v) is 4.17. The molecule has 9 heteroatoms. The third-order valence-electron chi connectivity index (χ3n) is 4.17. The van der Waals surface area contributed by atoms with E-state index in [1.807, 2.05) is 0 Å². The molecular weight excluding hydrogens is 341 g/mol. The van der Waals surface area contributed by atoms with Gasteiger partial charge in [-0.05, 0) is 5.56 Å². The minimum Gasteiger partial charge on any atom is -0.351 e. The summed E-state index contributed by atoms with van der Waals surface area (Å²) in [5.74, 6) is -0.459. The van der Waals surface area contributed by atoms with Crippen LogP contribution in [0, 0.1) is 0 Å². The van der Waals surface area contributed by atoms with Crippen LogP contribution >= 0.6 is 0 Å². The zero-order chi connectivity index (χ0) is 18.8. The van der Waals surface area contributed by atoms with Crippen molar-refractivity contribution < 1.29 is 9.18 Å². The highest BCUT2D eigenvalue weighted by molar-refractivity contribution is 5.78. The Bertz CT molecular complexity index is 1070. The molecule has 1 unspecified atom stereocenters. The Hall–Kier alpha value is -3.23. The first-order valence-electron chi connectivity index (χ1n) is 7.96. The highest BCUT2D eigenvalue weighted by Crippen LogP contribution is 2.15. The Balaban J connectivity index is 1.76. The molecule has 136 valence electrons. The molecule has 3 rings (SSSR count). The number of aromatic nitrogens is 4. The molecule has 1 aromatic carbocycles. The van der Waals surface area contributed by atoms with E-state index in [4.69, 9.17) is 0 Å². The van der Waals surface area contributed by atoms with Gasteiger partial charge in [0.1, 0.15) is 12.7 Å². The number of rotatable bonds is 5. The molecule has 0 aliphatic rings.